The van der Waals surface area contributed by atoms with E-state index in [0.717, 1.165) is 5.56 Å². The Morgan fingerprint density at radius 3 is 2.83 bits per heavy atom. The Morgan fingerprint density at radius 1 is 1.44 bits per heavy atom. The molecular weight excluding hydrogens is 252 g/mol. The van der Waals surface area contributed by atoms with Crippen LogP contribution in [0, 0.1) is 6.92 Å². The molecule has 1 amide bonds. The van der Waals surface area contributed by atoms with Gasteiger partial charge in [-0.15, -0.1) is 0 Å². The fraction of sp³-hybridized carbons (Fsp3) is 0.417. The molecule has 5 nitrogen and oxygen atoms in total. The number of likely N-dealkylation sites (N-methyl/N-ethyl adjacent to an activating group) is 1. The van der Waals surface area contributed by atoms with Crippen LogP contribution in [0.1, 0.15) is 5.56 Å². The fourth-order valence-electron chi connectivity index (χ4n) is 2.16. The zero-order valence-corrected chi connectivity index (χ0v) is 11.3. The quantitative estimate of drug-likeness (QED) is 0.839. The van der Waals surface area contributed by atoms with Gasteiger partial charge in [0.1, 0.15) is 0 Å². The molecule has 1 aromatic rings. The first kappa shape index (κ1) is 13.0. The number of benzene rings is 1. The molecule has 1 aliphatic rings. The Labute approximate surface area is 107 Å². The zero-order valence-electron chi connectivity index (χ0n) is 10.4. The van der Waals surface area contributed by atoms with Gasteiger partial charge in [0.05, 0.1) is 22.9 Å². The summed E-state index contributed by atoms with van der Waals surface area (Å²) < 4.78 is 24.0. The lowest BCUT2D eigenvalue weighted by molar-refractivity contribution is -0.117. The maximum absolute atomic E-state index is 12.0. The summed E-state index contributed by atoms with van der Waals surface area (Å²) in [5.74, 6) is -0.123. The van der Waals surface area contributed by atoms with E-state index < -0.39 is 9.84 Å². The third kappa shape index (κ3) is 2.13. The summed E-state index contributed by atoms with van der Waals surface area (Å²) in [6.45, 7) is 2.24. The lowest BCUT2D eigenvalue weighted by atomic mass is 10.1. The van der Waals surface area contributed by atoms with Crippen molar-refractivity contribution < 1.29 is 13.2 Å². The molecule has 0 bridgehead atoms. The second kappa shape index (κ2) is 4.70. The highest BCUT2D eigenvalue weighted by Crippen LogP contribution is 2.33. The van der Waals surface area contributed by atoms with E-state index in [-0.39, 0.29) is 29.6 Å². The van der Waals surface area contributed by atoms with Crippen LogP contribution in [-0.2, 0) is 14.6 Å². The number of carbonyl (C=O) groups excluding carboxylic acids is 1. The topological polar surface area (TPSA) is 66.5 Å². The number of hydrogen-bond acceptors (Lipinski definition) is 4. The number of amides is 1. The number of para-hydroxylation sites is 1. The molecule has 6 heteroatoms. The summed E-state index contributed by atoms with van der Waals surface area (Å²) in [5, 5.41) is 2.80. The smallest absolute Gasteiger partial charge is 0.241 e. The number of anilines is 1. The molecule has 2 rings (SSSR count). The lowest BCUT2D eigenvalue weighted by Crippen LogP contribution is -2.43. The van der Waals surface area contributed by atoms with Gasteiger partial charge >= 0.3 is 0 Å². The second-order valence-electron chi connectivity index (χ2n) is 4.32. The van der Waals surface area contributed by atoms with Crippen molar-refractivity contribution in [1.29, 1.82) is 0 Å². The van der Waals surface area contributed by atoms with E-state index in [2.05, 4.69) is 5.32 Å². The van der Waals surface area contributed by atoms with Crippen molar-refractivity contribution in [2.24, 2.45) is 0 Å². The number of nitrogens with one attached hydrogen (secondary N) is 1. The fourth-order valence-corrected chi connectivity index (χ4v) is 3.65. The molecule has 0 radical (unpaired) electrons. The Morgan fingerprint density at radius 2 is 2.17 bits per heavy atom. The van der Waals surface area contributed by atoms with Crippen LogP contribution in [-0.4, -0.2) is 40.2 Å². The summed E-state index contributed by atoms with van der Waals surface area (Å²) in [4.78, 5) is 13.8. The Balaban J connectivity index is 2.55. The molecule has 1 aromatic carbocycles. The molecule has 18 heavy (non-hydrogen) atoms. The van der Waals surface area contributed by atoms with Gasteiger partial charge in [0.25, 0.3) is 0 Å². The van der Waals surface area contributed by atoms with Crippen molar-refractivity contribution in [3.05, 3.63) is 23.8 Å². The van der Waals surface area contributed by atoms with E-state index in [1.807, 2.05) is 13.0 Å². The van der Waals surface area contributed by atoms with Crippen LogP contribution in [0.4, 0.5) is 5.69 Å². The van der Waals surface area contributed by atoms with Crippen molar-refractivity contribution in [3.63, 3.8) is 0 Å². The minimum absolute atomic E-state index is 0.0150. The van der Waals surface area contributed by atoms with E-state index in [9.17, 15) is 13.2 Å². The van der Waals surface area contributed by atoms with Gasteiger partial charge in [-0.3, -0.25) is 4.79 Å². The number of fused-ring (bicyclic) bond motifs is 1. The molecule has 0 aromatic heterocycles. The summed E-state index contributed by atoms with van der Waals surface area (Å²) in [7, 11) is -1.57. The standard InChI is InChI=1S/C12H16N2O3S/c1-9-4-3-5-10-12(9)14(11(15)8-13-2)6-7-18(10,16)17/h3-5,13H,6-8H2,1-2H3. The monoisotopic (exact) mass is 268 g/mol. The van der Waals surface area contributed by atoms with Gasteiger partial charge < -0.3 is 10.2 Å². The van der Waals surface area contributed by atoms with E-state index in [1.165, 1.54) is 0 Å². The maximum Gasteiger partial charge on any atom is 0.241 e. The largest absolute Gasteiger partial charge is 0.311 e. The van der Waals surface area contributed by atoms with Gasteiger partial charge in [-0.2, -0.15) is 0 Å². The molecule has 0 unspecified atom stereocenters. The molecule has 0 atom stereocenters. The van der Waals surface area contributed by atoms with Crippen LogP contribution in [0.25, 0.3) is 0 Å². The highest BCUT2D eigenvalue weighted by atomic mass is 32.2. The normalized spacial score (nSPS) is 17.3. The van der Waals surface area contributed by atoms with Crippen LogP contribution in [0.3, 0.4) is 0 Å². The van der Waals surface area contributed by atoms with E-state index in [0.29, 0.717) is 5.69 Å². The molecule has 1 N–H and O–H groups in total. The molecule has 0 spiro atoms. The number of aryl methyl sites for hydroxylation is 1. The predicted octanol–water partition coefficient (Wildman–Crippen LogP) is 0.335. The Hall–Kier alpha value is -1.40. The van der Waals surface area contributed by atoms with Crippen LogP contribution in [0.15, 0.2) is 23.1 Å². The highest BCUT2D eigenvalue weighted by Gasteiger charge is 2.32. The first-order chi connectivity index (χ1) is 8.47. The number of rotatable bonds is 2. The Kier molecular flexibility index (Phi) is 3.41. The minimum Gasteiger partial charge on any atom is -0.311 e. The van der Waals surface area contributed by atoms with Gasteiger partial charge in [-0.1, -0.05) is 12.1 Å². The molecule has 0 saturated carbocycles. The molecule has 98 valence electrons. The Bertz CT molecular complexity index is 581. The van der Waals surface area contributed by atoms with Crippen molar-refractivity contribution >= 4 is 21.4 Å². The summed E-state index contributed by atoms with van der Waals surface area (Å²) in [6, 6.07) is 5.09. The van der Waals surface area contributed by atoms with E-state index >= 15 is 0 Å². The third-order valence-corrected chi connectivity index (χ3v) is 4.74. The van der Waals surface area contributed by atoms with Gasteiger partial charge in [-0.25, -0.2) is 8.42 Å². The first-order valence-corrected chi connectivity index (χ1v) is 7.40. The average molecular weight is 268 g/mol. The number of hydrogen-bond donors (Lipinski definition) is 1. The van der Waals surface area contributed by atoms with Gasteiger partial charge in [0.2, 0.25) is 5.91 Å². The molecular formula is C12H16N2O3S. The van der Waals surface area contributed by atoms with Gasteiger partial charge in [-0.05, 0) is 25.6 Å². The minimum atomic E-state index is -3.26. The van der Waals surface area contributed by atoms with Gasteiger partial charge in [0, 0.05) is 6.54 Å². The van der Waals surface area contributed by atoms with E-state index in [4.69, 9.17) is 0 Å². The number of sulfone groups is 1. The third-order valence-electron chi connectivity index (χ3n) is 3.02. The molecule has 0 saturated heterocycles. The van der Waals surface area contributed by atoms with Crippen molar-refractivity contribution in [2.75, 3.05) is 30.8 Å². The summed E-state index contributed by atoms with van der Waals surface area (Å²) in [5.41, 5.74) is 1.34. The number of nitrogens with zero attached hydrogens (tertiary/aromatic N) is 1. The van der Waals surface area contributed by atoms with Crippen molar-refractivity contribution in [2.45, 2.75) is 11.8 Å². The highest BCUT2D eigenvalue weighted by molar-refractivity contribution is 7.91. The zero-order chi connectivity index (χ0) is 13.3. The second-order valence-corrected chi connectivity index (χ2v) is 6.39. The van der Waals surface area contributed by atoms with Crippen LogP contribution < -0.4 is 10.2 Å². The maximum atomic E-state index is 12.0. The molecule has 0 fully saturated rings. The number of carbonyl (C=O) groups is 1. The molecule has 1 heterocycles. The first-order valence-electron chi connectivity index (χ1n) is 5.74. The summed E-state index contributed by atoms with van der Waals surface area (Å²) in [6.07, 6.45) is 0. The van der Waals surface area contributed by atoms with Crippen molar-refractivity contribution in [3.8, 4) is 0 Å². The van der Waals surface area contributed by atoms with E-state index in [1.54, 1.807) is 24.1 Å². The van der Waals surface area contributed by atoms with Gasteiger partial charge in [0.15, 0.2) is 9.84 Å². The SMILES string of the molecule is CNCC(=O)N1CCS(=O)(=O)c2cccc(C)c21. The van der Waals surface area contributed by atoms with Crippen molar-refractivity contribution in [1.82, 2.24) is 5.32 Å². The summed E-state index contributed by atoms with van der Waals surface area (Å²) >= 11 is 0. The van der Waals surface area contributed by atoms with Crippen LogP contribution >= 0.6 is 0 Å². The van der Waals surface area contributed by atoms with Crippen LogP contribution in [0.2, 0.25) is 0 Å². The molecule has 0 aliphatic carbocycles. The molecule has 1 aliphatic heterocycles. The predicted molar refractivity (Wildman–Crippen MR) is 69.5 cm³/mol. The lowest BCUT2D eigenvalue weighted by Gasteiger charge is -2.30. The average Bonchev–Trinajstić information content (AvgIpc) is 2.30. The van der Waals surface area contributed by atoms with Crippen LogP contribution in [0.5, 0.6) is 0 Å².